The van der Waals surface area contributed by atoms with Gasteiger partial charge in [0.1, 0.15) is 11.5 Å². The highest BCUT2D eigenvalue weighted by Gasteiger charge is 2.34. The molecule has 5 nitrogen and oxygen atoms in total. The highest BCUT2D eigenvalue weighted by Crippen LogP contribution is 2.37. The Morgan fingerprint density at radius 1 is 1.30 bits per heavy atom. The molecular formula is C23H25FN4OS. The number of rotatable bonds is 4. The first-order valence-electron chi connectivity index (χ1n) is 10.3. The van der Waals surface area contributed by atoms with E-state index in [4.69, 9.17) is 4.98 Å². The number of thiazole rings is 1. The minimum Gasteiger partial charge on any atom is -0.339 e. The van der Waals surface area contributed by atoms with Crippen LogP contribution in [0.3, 0.4) is 0 Å². The van der Waals surface area contributed by atoms with Crippen molar-refractivity contribution in [3.8, 4) is 11.5 Å². The summed E-state index contributed by atoms with van der Waals surface area (Å²) in [5.41, 5.74) is 2.65. The van der Waals surface area contributed by atoms with Gasteiger partial charge in [-0.3, -0.25) is 4.79 Å². The molecule has 0 radical (unpaired) electrons. The Bertz CT molecular complexity index is 998. The Kier molecular flexibility index (Phi) is 6.18. The first-order chi connectivity index (χ1) is 14.5. The molecule has 7 heteroatoms. The summed E-state index contributed by atoms with van der Waals surface area (Å²) >= 11 is 1.61. The Hall–Kier alpha value is -2.67. The zero-order valence-corrected chi connectivity index (χ0v) is 17.9. The molecule has 2 aliphatic rings. The van der Waals surface area contributed by atoms with Gasteiger partial charge in [-0.05, 0) is 56.4 Å². The molecule has 0 aliphatic carbocycles. The maximum Gasteiger partial charge on any atom is 0.226 e. The highest BCUT2D eigenvalue weighted by molar-refractivity contribution is 7.10. The normalized spacial score (nSPS) is 23.1. The Morgan fingerprint density at radius 3 is 2.87 bits per heavy atom. The fourth-order valence-electron chi connectivity index (χ4n) is 4.24. The molecule has 2 aliphatic heterocycles. The van der Waals surface area contributed by atoms with Crippen LogP contribution >= 0.6 is 11.3 Å². The number of amides is 1. The maximum atomic E-state index is 13.7. The number of aromatic nitrogens is 3. The van der Waals surface area contributed by atoms with E-state index < -0.39 is 0 Å². The van der Waals surface area contributed by atoms with Crippen molar-refractivity contribution in [2.45, 2.75) is 51.0 Å². The average molecular weight is 425 g/mol. The SMILES string of the molecule is C=CC(F)=CC1=C(C)CC(=O)N2CC(c3nc(-c4ncccn4)cs3)CCC2CC1. The summed E-state index contributed by atoms with van der Waals surface area (Å²) in [6, 6.07) is 1.99. The lowest BCUT2D eigenvalue weighted by Gasteiger charge is -2.40. The van der Waals surface area contributed by atoms with Crippen LogP contribution in [0.1, 0.15) is 50.0 Å². The molecule has 0 aromatic carbocycles. The second-order valence-electron chi connectivity index (χ2n) is 7.87. The Morgan fingerprint density at radius 2 is 2.10 bits per heavy atom. The first-order valence-corrected chi connectivity index (χ1v) is 11.1. The van der Waals surface area contributed by atoms with Crippen LogP contribution < -0.4 is 0 Å². The summed E-state index contributed by atoms with van der Waals surface area (Å²) in [5, 5.41) is 3.03. The molecule has 1 saturated heterocycles. The molecule has 2 aromatic rings. The standard InChI is InChI=1S/C23H25FN4OS/c1-3-18(24)12-16-5-7-19-8-6-17(13-28(19)21(29)11-15(16)2)23-27-20(14-30-23)22-25-9-4-10-26-22/h3-4,9-10,12,14,17,19H,1,5-8,11,13H2,2H3. The highest BCUT2D eigenvalue weighted by atomic mass is 32.1. The van der Waals surface area contributed by atoms with E-state index in [1.165, 1.54) is 12.2 Å². The third-order valence-electron chi connectivity index (χ3n) is 5.91. The van der Waals surface area contributed by atoms with Gasteiger partial charge in [-0.25, -0.2) is 19.3 Å². The molecule has 2 atom stereocenters. The number of allylic oxidation sites excluding steroid dienone is 4. The van der Waals surface area contributed by atoms with E-state index in [2.05, 4.69) is 16.5 Å². The first kappa shape index (κ1) is 20.6. The van der Waals surface area contributed by atoms with E-state index in [9.17, 15) is 9.18 Å². The lowest BCUT2D eigenvalue weighted by molar-refractivity contribution is -0.134. The summed E-state index contributed by atoms with van der Waals surface area (Å²) in [6.45, 7) is 6.09. The molecule has 2 unspecified atom stereocenters. The van der Waals surface area contributed by atoms with Crippen LogP contribution in [0.5, 0.6) is 0 Å². The molecule has 156 valence electrons. The molecule has 4 heterocycles. The second-order valence-corrected chi connectivity index (χ2v) is 8.76. The Balaban J connectivity index is 1.51. The van der Waals surface area contributed by atoms with Gasteiger partial charge in [-0.15, -0.1) is 11.3 Å². The number of fused-ring (bicyclic) bond motifs is 1. The van der Waals surface area contributed by atoms with Crippen molar-refractivity contribution in [2.24, 2.45) is 0 Å². The van der Waals surface area contributed by atoms with Crippen molar-refractivity contribution in [3.63, 3.8) is 0 Å². The average Bonchev–Trinajstić information content (AvgIpc) is 3.26. The van der Waals surface area contributed by atoms with Crippen LogP contribution in [0.4, 0.5) is 4.39 Å². The van der Waals surface area contributed by atoms with E-state index in [1.807, 2.05) is 17.2 Å². The predicted octanol–water partition coefficient (Wildman–Crippen LogP) is 5.21. The lowest BCUT2D eigenvalue weighted by Crippen LogP contribution is -2.47. The second kappa shape index (κ2) is 9.00. The van der Waals surface area contributed by atoms with Crippen molar-refractivity contribution in [2.75, 3.05) is 6.54 Å². The number of piperidine rings is 1. The van der Waals surface area contributed by atoms with Gasteiger partial charge in [0.05, 0.1) is 5.01 Å². The molecule has 4 rings (SSSR count). The van der Waals surface area contributed by atoms with Gasteiger partial charge < -0.3 is 4.90 Å². The van der Waals surface area contributed by atoms with Gasteiger partial charge in [-0.2, -0.15) is 0 Å². The third-order valence-corrected chi connectivity index (χ3v) is 6.92. The Labute approximate surface area is 180 Å². The smallest absolute Gasteiger partial charge is 0.226 e. The molecule has 0 bridgehead atoms. The molecule has 30 heavy (non-hydrogen) atoms. The summed E-state index contributed by atoms with van der Waals surface area (Å²) in [7, 11) is 0. The molecule has 0 N–H and O–H groups in total. The molecular weight excluding hydrogens is 399 g/mol. The van der Waals surface area contributed by atoms with E-state index in [1.54, 1.807) is 29.8 Å². The van der Waals surface area contributed by atoms with Gasteiger partial charge in [-0.1, -0.05) is 12.2 Å². The third kappa shape index (κ3) is 4.41. The zero-order chi connectivity index (χ0) is 21.1. The van der Waals surface area contributed by atoms with Crippen molar-refractivity contribution in [1.29, 1.82) is 0 Å². The number of hydrogen-bond donors (Lipinski definition) is 0. The quantitative estimate of drug-likeness (QED) is 0.632. The monoisotopic (exact) mass is 424 g/mol. The van der Waals surface area contributed by atoms with Gasteiger partial charge in [0.15, 0.2) is 5.82 Å². The summed E-state index contributed by atoms with van der Waals surface area (Å²) in [4.78, 5) is 28.4. The van der Waals surface area contributed by atoms with Crippen LogP contribution in [0.2, 0.25) is 0 Å². The summed E-state index contributed by atoms with van der Waals surface area (Å²) < 4.78 is 13.7. The van der Waals surface area contributed by atoms with Crippen LogP contribution in [-0.4, -0.2) is 38.3 Å². The van der Waals surface area contributed by atoms with Gasteiger partial charge in [0.25, 0.3) is 0 Å². The fraction of sp³-hybridized carbons (Fsp3) is 0.391. The van der Waals surface area contributed by atoms with E-state index in [0.717, 1.165) is 47.5 Å². The van der Waals surface area contributed by atoms with Crippen molar-refractivity contribution >= 4 is 17.2 Å². The molecule has 0 saturated carbocycles. The molecule has 0 spiro atoms. The number of hydrogen-bond acceptors (Lipinski definition) is 5. The number of carbonyl (C=O) groups excluding carboxylic acids is 1. The largest absolute Gasteiger partial charge is 0.339 e. The molecule has 1 amide bonds. The van der Waals surface area contributed by atoms with E-state index in [-0.39, 0.29) is 23.7 Å². The molecule has 2 aromatic heterocycles. The number of nitrogens with zero attached hydrogens (tertiary/aromatic N) is 4. The maximum absolute atomic E-state index is 13.7. The zero-order valence-electron chi connectivity index (χ0n) is 17.1. The molecule has 1 fully saturated rings. The topological polar surface area (TPSA) is 59.0 Å². The van der Waals surface area contributed by atoms with Gasteiger partial charge in [0, 0.05) is 42.7 Å². The number of halogens is 1. The minimum absolute atomic E-state index is 0.120. The van der Waals surface area contributed by atoms with Crippen molar-refractivity contribution in [3.05, 3.63) is 64.6 Å². The predicted molar refractivity (Wildman–Crippen MR) is 117 cm³/mol. The summed E-state index contributed by atoms with van der Waals surface area (Å²) in [6.07, 6.45) is 10.1. The van der Waals surface area contributed by atoms with Gasteiger partial charge >= 0.3 is 0 Å². The van der Waals surface area contributed by atoms with Crippen molar-refractivity contribution in [1.82, 2.24) is 19.9 Å². The van der Waals surface area contributed by atoms with Crippen LogP contribution in [0, 0.1) is 0 Å². The minimum atomic E-state index is -0.347. The number of carbonyl (C=O) groups is 1. The van der Waals surface area contributed by atoms with Crippen LogP contribution in [-0.2, 0) is 4.79 Å². The van der Waals surface area contributed by atoms with Crippen LogP contribution in [0.15, 0.2) is 59.5 Å². The van der Waals surface area contributed by atoms with E-state index >= 15 is 0 Å². The van der Waals surface area contributed by atoms with Crippen molar-refractivity contribution < 1.29 is 9.18 Å². The fourth-order valence-corrected chi connectivity index (χ4v) is 5.17. The van der Waals surface area contributed by atoms with Crippen LogP contribution in [0.25, 0.3) is 11.5 Å². The van der Waals surface area contributed by atoms with Gasteiger partial charge in [0.2, 0.25) is 5.91 Å². The van der Waals surface area contributed by atoms with E-state index in [0.29, 0.717) is 18.8 Å². The summed E-state index contributed by atoms with van der Waals surface area (Å²) in [5.74, 6) is 0.632. The lowest BCUT2D eigenvalue weighted by atomic mass is 9.86.